The molecule has 36 heavy (non-hydrogen) atoms. The summed E-state index contributed by atoms with van der Waals surface area (Å²) < 4.78 is 6.32. The Morgan fingerprint density at radius 2 is 1.81 bits per heavy atom. The van der Waals surface area contributed by atoms with Gasteiger partial charge >= 0.3 is 0 Å². The molecule has 0 spiro atoms. The van der Waals surface area contributed by atoms with E-state index in [0.717, 1.165) is 59.3 Å². The number of aryl methyl sites for hydroxylation is 1. The van der Waals surface area contributed by atoms with Crippen LogP contribution in [0.15, 0.2) is 24.3 Å². The van der Waals surface area contributed by atoms with E-state index in [4.69, 9.17) is 9.72 Å². The minimum atomic E-state index is -0.915. The van der Waals surface area contributed by atoms with Crippen molar-refractivity contribution in [3.63, 3.8) is 0 Å². The summed E-state index contributed by atoms with van der Waals surface area (Å²) in [4.78, 5) is 18.1. The third kappa shape index (κ3) is 4.27. The molecule has 1 aromatic heterocycles. The maximum Gasteiger partial charge on any atom is 0.263 e. The van der Waals surface area contributed by atoms with E-state index in [1.807, 2.05) is 33.8 Å². The van der Waals surface area contributed by atoms with Crippen LogP contribution in [0.4, 0.5) is 5.69 Å². The Hall–Kier alpha value is -3.28. The van der Waals surface area contributed by atoms with E-state index in [-0.39, 0.29) is 5.91 Å². The van der Waals surface area contributed by atoms with Gasteiger partial charge in [0, 0.05) is 41.8 Å². The molecule has 2 aromatic carbocycles. The number of carbonyl (C=O) groups is 1. The van der Waals surface area contributed by atoms with E-state index in [1.54, 1.807) is 0 Å². The second-order valence-corrected chi connectivity index (χ2v) is 10.5. The number of rotatable bonds is 6. The SMILES string of the molecule is Cc1c(C)c2c(c(C)c1O)CCC(C)(C(=O)NCCCNc1c3c(nc4ccccc14)CCCC3)O2. The summed E-state index contributed by atoms with van der Waals surface area (Å²) in [5.74, 6) is 1.00. The molecule has 6 nitrogen and oxygen atoms in total. The number of anilines is 1. The minimum Gasteiger partial charge on any atom is -0.507 e. The van der Waals surface area contributed by atoms with Gasteiger partial charge in [-0.25, -0.2) is 0 Å². The number of carbonyl (C=O) groups excluding carboxylic acids is 1. The van der Waals surface area contributed by atoms with Crippen molar-refractivity contribution in [1.82, 2.24) is 10.3 Å². The highest BCUT2D eigenvalue weighted by Crippen LogP contribution is 2.43. The number of nitrogens with one attached hydrogen (secondary N) is 2. The number of ether oxygens (including phenoxy) is 1. The largest absolute Gasteiger partial charge is 0.507 e. The highest BCUT2D eigenvalue weighted by Gasteiger charge is 2.40. The highest BCUT2D eigenvalue weighted by molar-refractivity contribution is 5.93. The number of nitrogens with zero attached hydrogens (tertiary/aromatic N) is 1. The van der Waals surface area contributed by atoms with E-state index >= 15 is 0 Å². The first-order valence-corrected chi connectivity index (χ1v) is 13.2. The van der Waals surface area contributed by atoms with Gasteiger partial charge in [0.1, 0.15) is 11.5 Å². The van der Waals surface area contributed by atoms with Crippen LogP contribution in [0.5, 0.6) is 11.5 Å². The van der Waals surface area contributed by atoms with Crippen molar-refractivity contribution in [2.24, 2.45) is 0 Å². The molecule has 0 saturated heterocycles. The Labute approximate surface area is 213 Å². The zero-order valence-electron chi connectivity index (χ0n) is 21.9. The molecule has 5 rings (SSSR count). The Balaban J connectivity index is 1.21. The summed E-state index contributed by atoms with van der Waals surface area (Å²) in [7, 11) is 0. The number of phenols is 1. The van der Waals surface area contributed by atoms with Crippen molar-refractivity contribution < 1.29 is 14.6 Å². The maximum absolute atomic E-state index is 13.2. The second-order valence-electron chi connectivity index (χ2n) is 10.5. The van der Waals surface area contributed by atoms with Gasteiger partial charge in [-0.2, -0.15) is 0 Å². The van der Waals surface area contributed by atoms with E-state index in [2.05, 4.69) is 28.8 Å². The number of pyridine rings is 1. The van der Waals surface area contributed by atoms with E-state index in [9.17, 15) is 9.90 Å². The first-order valence-electron chi connectivity index (χ1n) is 13.2. The second kappa shape index (κ2) is 9.64. The predicted molar refractivity (Wildman–Crippen MR) is 144 cm³/mol. The van der Waals surface area contributed by atoms with Crippen LogP contribution in [0, 0.1) is 20.8 Å². The van der Waals surface area contributed by atoms with Crippen LogP contribution in [-0.2, 0) is 24.1 Å². The van der Waals surface area contributed by atoms with Crippen molar-refractivity contribution in [2.75, 3.05) is 18.4 Å². The quantitative estimate of drug-likeness (QED) is 0.403. The van der Waals surface area contributed by atoms with Crippen LogP contribution >= 0.6 is 0 Å². The molecule has 1 atom stereocenters. The lowest BCUT2D eigenvalue weighted by atomic mass is 9.86. The van der Waals surface area contributed by atoms with Crippen LogP contribution < -0.4 is 15.4 Å². The van der Waals surface area contributed by atoms with E-state index < -0.39 is 5.60 Å². The van der Waals surface area contributed by atoms with Crippen LogP contribution in [-0.4, -0.2) is 34.7 Å². The number of hydrogen-bond acceptors (Lipinski definition) is 5. The molecular weight excluding hydrogens is 450 g/mol. The monoisotopic (exact) mass is 487 g/mol. The van der Waals surface area contributed by atoms with Crippen LogP contribution in [0.25, 0.3) is 10.9 Å². The Morgan fingerprint density at radius 3 is 2.64 bits per heavy atom. The number of amides is 1. The Bertz CT molecular complexity index is 1330. The summed E-state index contributed by atoms with van der Waals surface area (Å²) >= 11 is 0. The smallest absolute Gasteiger partial charge is 0.263 e. The summed E-state index contributed by atoms with van der Waals surface area (Å²) in [5.41, 5.74) is 7.52. The molecule has 2 aliphatic rings. The van der Waals surface area contributed by atoms with E-state index in [0.29, 0.717) is 25.1 Å². The Morgan fingerprint density at radius 1 is 1.03 bits per heavy atom. The average molecular weight is 488 g/mol. The third-order valence-electron chi connectivity index (χ3n) is 8.11. The standard InChI is InChI=1S/C30H37N3O3/c1-18-19(2)28-21(20(3)27(18)34)14-15-30(4,36-28)29(35)32-17-9-16-31-26-22-10-5-7-12-24(22)33-25-13-8-6-11-23(25)26/h5,7,10,12,34H,6,8-9,11,13-17H2,1-4H3,(H,31,33)(H,32,35). The van der Waals surface area contributed by atoms with Crippen molar-refractivity contribution in [2.45, 2.75) is 78.2 Å². The molecule has 0 saturated carbocycles. The summed E-state index contributed by atoms with van der Waals surface area (Å²) in [6, 6.07) is 8.35. The lowest BCUT2D eigenvalue weighted by Crippen LogP contribution is -2.51. The number of aromatic hydroxyl groups is 1. The average Bonchev–Trinajstić information content (AvgIpc) is 2.89. The zero-order valence-corrected chi connectivity index (χ0v) is 21.9. The first-order chi connectivity index (χ1) is 17.3. The van der Waals surface area contributed by atoms with E-state index in [1.165, 1.54) is 35.2 Å². The predicted octanol–water partition coefficient (Wildman–Crippen LogP) is 5.45. The van der Waals surface area contributed by atoms with Gasteiger partial charge in [-0.15, -0.1) is 0 Å². The molecule has 0 radical (unpaired) electrons. The van der Waals surface area contributed by atoms with Gasteiger partial charge in [-0.1, -0.05) is 18.2 Å². The number of aromatic nitrogens is 1. The fraction of sp³-hybridized carbons (Fsp3) is 0.467. The number of fused-ring (bicyclic) bond motifs is 3. The number of phenolic OH excluding ortho intramolecular Hbond substituents is 1. The molecule has 1 unspecified atom stereocenters. The first kappa shape index (κ1) is 24.4. The van der Waals surface area contributed by atoms with Crippen LogP contribution in [0.2, 0.25) is 0 Å². The zero-order chi connectivity index (χ0) is 25.4. The summed E-state index contributed by atoms with van der Waals surface area (Å²) in [6.45, 7) is 8.99. The van der Waals surface area contributed by atoms with Crippen molar-refractivity contribution in [3.8, 4) is 11.5 Å². The molecule has 3 aromatic rings. The minimum absolute atomic E-state index is 0.0809. The van der Waals surface area contributed by atoms with Crippen molar-refractivity contribution in [1.29, 1.82) is 0 Å². The van der Waals surface area contributed by atoms with Gasteiger partial charge in [-0.05, 0) is 94.5 Å². The summed E-state index contributed by atoms with van der Waals surface area (Å²) in [5, 5.41) is 18.4. The molecule has 1 amide bonds. The molecule has 3 N–H and O–H groups in total. The van der Waals surface area contributed by atoms with Crippen LogP contribution in [0.1, 0.15) is 66.1 Å². The number of benzene rings is 2. The van der Waals surface area contributed by atoms with Gasteiger partial charge in [0.15, 0.2) is 5.60 Å². The van der Waals surface area contributed by atoms with Crippen molar-refractivity contribution >= 4 is 22.5 Å². The van der Waals surface area contributed by atoms with Gasteiger partial charge < -0.3 is 20.5 Å². The molecule has 0 fully saturated rings. The molecule has 0 bridgehead atoms. The normalized spacial score (nSPS) is 18.8. The third-order valence-corrected chi connectivity index (χ3v) is 8.11. The molecule has 190 valence electrons. The molecule has 1 aliphatic heterocycles. The number of para-hydroxylation sites is 1. The molecule has 1 aliphatic carbocycles. The topological polar surface area (TPSA) is 83.5 Å². The van der Waals surface area contributed by atoms with Gasteiger partial charge in [0.2, 0.25) is 0 Å². The highest BCUT2D eigenvalue weighted by atomic mass is 16.5. The fourth-order valence-electron chi connectivity index (χ4n) is 5.67. The van der Waals surface area contributed by atoms with Gasteiger partial charge in [0.05, 0.1) is 5.52 Å². The fourth-order valence-corrected chi connectivity index (χ4v) is 5.67. The molecular formula is C30H37N3O3. The summed E-state index contributed by atoms with van der Waals surface area (Å²) in [6.07, 6.45) is 6.63. The molecule has 6 heteroatoms. The van der Waals surface area contributed by atoms with Crippen molar-refractivity contribution in [3.05, 3.63) is 57.8 Å². The van der Waals surface area contributed by atoms with Crippen LogP contribution in [0.3, 0.4) is 0 Å². The maximum atomic E-state index is 13.2. The Kier molecular flexibility index (Phi) is 6.54. The van der Waals surface area contributed by atoms with Gasteiger partial charge in [-0.3, -0.25) is 9.78 Å². The molecule has 2 heterocycles. The number of hydrogen-bond donors (Lipinski definition) is 3. The lowest BCUT2D eigenvalue weighted by Gasteiger charge is -2.36. The lowest BCUT2D eigenvalue weighted by molar-refractivity contribution is -0.136. The van der Waals surface area contributed by atoms with Gasteiger partial charge in [0.25, 0.3) is 5.91 Å².